The van der Waals surface area contributed by atoms with Gasteiger partial charge in [-0.2, -0.15) is 0 Å². The molecule has 0 bridgehead atoms. The molecule has 1 unspecified atom stereocenters. The van der Waals surface area contributed by atoms with Gasteiger partial charge in [-0.1, -0.05) is 0 Å². The number of amides is 3. The zero-order chi connectivity index (χ0) is 22.1. The highest BCUT2D eigenvalue weighted by Crippen LogP contribution is 2.26. The number of nitrogens with one attached hydrogen (secondary N) is 1. The van der Waals surface area contributed by atoms with Crippen molar-refractivity contribution in [1.82, 2.24) is 10.2 Å². The van der Waals surface area contributed by atoms with Gasteiger partial charge in [0.05, 0.1) is 10.9 Å². The lowest BCUT2D eigenvalue weighted by Gasteiger charge is -2.27. The molecule has 2 fully saturated rings. The van der Waals surface area contributed by atoms with Crippen molar-refractivity contribution >= 4 is 45.5 Å². The molecule has 2 aliphatic rings. The predicted molar refractivity (Wildman–Crippen MR) is 122 cm³/mol. The topological polar surface area (TPSA) is 86.8 Å². The van der Waals surface area contributed by atoms with Crippen molar-refractivity contribution in [1.29, 1.82) is 0 Å². The van der Waals surface area contributed by atoms with Crippen LogP contribution in [-0.4, -0.2) is 64.0 Å². The van der Waals surface area contributed by atoms with Gasteiger partial charge in [0.25, 0.3) is 11.8 Å². The third-order valence-corrected chi connectivity index (χ3v) is 7.92. The Labute approximate surface area is 187 Å². The Balaban J connectivity index is 1.43. The normalized spacial score (nSPS) is 19.7. The summed E-state index contributed by atoms with van der Waals surface area (Å²) in [6.07, 6.45) is 0.251. The first-order valence-electron chi connectivity index (χ1n) is 10.2. The highest BCUT2D eigenvalue weighted by atomic mass is 32.2. The van der Waals surface area contributed by atoms with Gasteiger partial charge in [-0.15, -0.1) is 11.3 Å². The lowest BCUT2D eigenvalue weighted by atomic mass is 10.1. The maximum Gasteiger partial charge on any atom is 0.261 e. The fourth-order valence-electron chi connectivity index (χ4n) is 3.93. The fraction of sp³-hybridized carbons (Fsp3) is 0.409. The number of nitrogens with zero attached hydrogens (tertiary/aromatic N) is 2. The summed E-state index contributed by atoms with van der Waals surface area (Å²) in [6, 6.07) is 8.83. The van der Waals surface area contributed by atoms with Gasteiger partial charge in [0, 0.05) is 64.5 Å². The van der Waals surface area contributed by atoms with E-state index in [-0.39, 0.29) is 30.2 Å². The van der Waals surface area contributed by atoms with Crippen LogP contribution in [0.5, 0.6) is 0 Å². The average Bonchev–Trinajstić information content (AvgIpc) is 3.33. The van der Waals surface area contributed by atoms with E-state index in [0.717, 1.165) is 16.1 Å². The van der Waals surface area contributed by atoms with Crippen LogP contribution in [0.1, 0.15) is 36.9 Å². The second-order valence-corrected chi connectivity index (χ2v) is 10.9. The molecule has 0 spiro atoms. The van der Waals surface area contributed by atoms with E-state index in [1.165, 1.54) is 11.3 Å². The molecule has 7 nitrogen and oxygen atoms in total. The summed E-state index contributed by atoms with van der Waals surface area (Å²) in [5.74, 6) is 0.763. The van der Waals surface area contributed by atoms with Crippen LogP contribution in [0.2, 0.25) is 0 Å². The molecule has 1 aromatic carbocycles. The molecule has 4 rings (SSSR count). The zero-order valence-corrected chi connectivity index (χ0v) is 19.2. The van der Waals surface area contributed by atoms with Gasteiger partial charge in [-0.25, -0.2) is 0 Å². The third-order valence-electron chi connectivity index (χ3n) is 5.64. The van der Waals surface area contributed by atoms with Crippen LogP contribution in [0, 0.1) is 13.8 Å². The van der Waals surface area contributed by atoms with E-state index < -0.39 is 10.8 Å². The highest BCUT2D eigenvalue weighted by molar-refractivity contribution is 7.85. The monoisotopic (exact) mass is 459 g/mol. The van der Waals surface area contributed by atoms with E-state index in [9.17, 15) is 18.6 Å². The number of hydrogen-bond donors (Lipinski definition) is 1. The SMILES string of the molecule is Cc1ccc(C(=O)NC2CC(=O)N(c3ccc(C(=O)N4CCS(=O)CC4)c(C)c3)C2)s1. The van der Waals surface area contributed by atoms with E-state index in [1.807, 2.05) is 26.0 Å². The Morgan fingerprint density at radius 3 is 2.52 bits per heavy atom. The molecule has 0 saturated carbocycles. The molecule has 3 amide bonds. The summed E-state index contributed by atoms with van der Waals surface area (Å²) in [6.45, 7) is 5.22. The Kier molecular flexibility index (Phi) is 6.24. The van der Waals surface area contributed by atoms with Crippen LogP contribution in [-0.2, 0) is 15.6 Å². The first-order valence-corrected chi connectivity index (χ1v) is 12.5. The molecule has 2 aromatic rings. The molecule has 9 heteroatoms. The molecular weight excluding hydrogens is 434 g/mol. The largest absolute Gasteiger partial charge is 0.346 e. The summed E-state index contributed by atoms with van der Waals surface area (Å²) in [5.41, 5.74) is 2.12. The standard InChI is InChI=1S/C22H25N3O4S2/c1-14-11-17(4-5-18(14)22(28)24-7-9-31(29)10-8-24)25-13-16(12-20(25)26)23-21(27)19-6-3-15(2)30-19/h3-6,11,16H,7-10,12-13H2,1-2H3,(H,23,27). The molecule has 1 N–H and O–H groups in total. The van der Waals surface area contributed by atoms with Gasteiger partial charge in [0.1, 0.15) is 0 Å². The Hall–Kier alpha value is -2.52. The maximum atomic E-state index is 12.8. The molecule has 164 valence electrons. The number of anilines is 1. The second-order valence-electron chi connectivity index (χ2n) is 7.93. The highest BCUT2D eigenvalue weighted by Gasteiger charge is 2.32. The summed E-state index contributed by atoms with van der Waals surface area (Å²) in [5, 5.41) is 2.95. The van der Waals surface area contributed by atoms with Crippen LogP contribution in [0.25, 0.3) is 0 Å². The average molecular weight is 460 g/mol. The molecule has 0 radical (unpaired) electrons. The lowest BCUT2D eigenvalue weighted by molar-refractivity contribution is -0.117. The van der Waals surface area contributed by atoms with Crippen LogP contribution in [0.15, 0.2) is 30.3 Å². The van der Waals surface area contributed by atoms with E-state index in [4.69, 9.17) is 0 Å². The van der Waals surface area contributed by atoms with Crippen molar-refractivity contribution in [2.45, 2.75) is 26.3 Å². The lowest BCUT2D eigenvalue weighted by Crippen LogP contribution is -2.42. The predicted octanol–water partition coefficient (Wildman–Crippen LogP) is 2.10. The number of carbonyl (C=O) groups excluding carboxylic acids is 3. The number of hydrogen-bond acceptors (Lipinski definition) is 5. The second kappa shape index (κ2) is 8.92. The summed E-state index contributed by atoms with van der Waals surface area (Å²) in [4.78, 5) is 42.9. The minimum atomic E-state index is -0.835. The Morgan fingerprint density at radius 2 is 1.87 bits per heavy atom. The van der Waals surface area contributed by atoms with Gasteiger partial charge in [-0.05, 0) is 49.7 Å². The Morgan fingerprint density at radius 1 is 1.13 bits per heavy atom. The number of thiophene rings is 1. The first-order chi connectivity index (χ1) is 14.8. The van der Waals surface area contributed by atoms with Crippen LogP contribution < -0.4 is 10.2 Å². The van der Waals surface area contributed by atoms with E-state index in [0.29, 0.717) is 41.6 Å². The summed E-state index contributed by atoms with van der Waals surface area (Å²) in [7, 11) is -0.835. The third kappa shape index (κ3) is 4.72. The van der Waals surface area contributed by atoms with Gasteiger partial charge in [-0.3, -0.25) is 18.6 Å². The van der Waals surface area contributed by atoms with Crippen molar-refractivity contribution in [3.05, 3.63) is 51.2 Å². The van der Waals surface area contributed by atoms with Gasteiger partial charge in [0.15, 0.2) is 0 Å². The summed E-state index contributed by atoms with van der Waals surface area (Å²) >= 11 is 1.43. The van der Waals surface area contributed by atoms with Crippen LogP contribution in [0.3, 0.4) is 0 Å². The molecule has 31 heavy (non-hydrogen) atoms. The minimum Gasteiger partial charge on any atom is -0.346 e. The van der Waals surface area contributed by atoms with E-state index >= 15 is 0 Å². The number of rotatable bonds is 4. The van der Waals surface area contributed by atoms with Crippen molar-refractivity contribution < 1.29 is 18.6 Å². The molecular formula is C22H25N3O4S2. The fourth-order valence-corrected chi connectivity index (χ4v) is 5.76. The van der Waals surface area contributed by atoms with Crippen LogP contribution in [0.4, 0.5) is 5.69 Å². The Bertz CT molecular complexity index is 1050. The van der Waals surface area contributed by atoms with Crippen molar-refractivity contribution in [3.63, 3.8) is 0 Å². The molecule has 1 atom stereocenters. The summed E-state index contributed by atoms with van der Waals surface area (Å²) < 4.78 is 11.5. The van der Waals surface area contributed by atoms with Crippen molar-refractivity contribution in [3.8, 4) is 0 Å². The van der Waals surface area contributed by atoms with Crippen molar-refractivity contribution in [2.75, 3.05) is 36.0 Å². The minimum absolute atomic E-state index is 0.0513. The number of benzene rings is 1. The van der Waals surface area contributed by atoms with Crippen molar-refractivity contribution in [2.24, 2.45) is 0 Å². The molecule has 0 aliphatic carbocycles. The van der Waals surface area contributed by atoms with Gasteiger partial charge < -0.3 is 15.1 Å². The van der Waals surface area contributed by atoms with Crippen LogP contribution >= 0.6 is 11.3 Å². The van der Waals surface area contributed by atoms with Gasteiger partial charge in [0.2, 0.25) is 5.91 Å². The van der Waals surface area contributed by atoms with E-state index in [1.54, 1.807) is 28.0 Å². The van der Waals surface area contributed by atoms with E-state index in [2.05, 4.69) is 5.32 Å². The maximum absolute atomic E-state index is 12.8. The molecule has 2 aliphatic heterocycles. The first kappa shape index (κ1) is 21.7. The molecule has 2 saturated heterocycles. The number of aryl methyl sites for hydroxylation is 2. The number of carbonyl (C=O) groups is 3. The molecule has 3 heterocycles. The quantitative estimate of drug-likeness (QED) is 0.759. The van der Waals surface area contributed by atoms with Gasteiger partial charge >= 0.3 is 0 Å². The zero-order valence-electron chi connectivity index (χ0n) is 17.6. The smallest absolute Gasteiger partial charge is 0.261 e. The molecule has 1 aromatic heterocycles.